The van der Waals surface area contributed by atoms with Gasteiger partial charge in [-0.3, -0.25) is 9.59 Å². The van der Waals surface area contributed by atoms with Crippen LogP contribution < -0.4 is 11.1 Å². The molecular formula is C12H23N3O2. The normalized spacial score (nSPS) is 23.5. The van der Waals surface area contributed by atoms with E-state index in [1.54, 1.807) is 11.9 Å². The molecule has 0 aromatic carbocycles. The van der Waals surface area contributed by atoms with Crippen molar-refractivity contribution in [2.75, 3.05) is 13.6 Å². The molecule has 1 aliphatic heterocycles. The Hall–Kier alpha value is -1.10. The van der Waals surface area contributed by atoms with Gasteiger partial charge in [0, 0.05) is 26.1 Å². The summed E-state index contributed by atoms with van der Waals surface area (Å²) in [6, 6.07) is -0.496. The van der Waals surface area contributed by atoms with E-state index in [-0.39, 0.29) is 23.3 Å². The molecule has 0 bridgehead atoms. The van der Waals surface area contributed by atoms with Gasteiger partial charge in [-0.2, -0.15) is 0 Å². The lowest BCUT2D eigenvalue weighted by Gasteiger charge is -2.33. The summed E-state index contributed by atoms with van der Waals surface area (Å²) >= 11 is 0. The van der Waals surface area contributed by atoms with Crippen LogP contribution in [-0.2, 0) is 9.59 Å². The number of hydrogen-bond acceptors (Lipinski definition) is 3. The third-order valence-corrected chi connectivity index (χ3v) is 3.19. The lowest BCUT2D eigenvalue weighted by atomic mass is 9.86. The van der Waals surface area contributed by atoms with Crippen molar-refractivity contribution >= 4 is 11.8 Å². The molecule has 1 saturated heterocycles. The number of likely N-dealkylation sites (tertiary alicyclic amines) is 1. The molecule has 1 heterocycles. The van der Waals surface area contributed by atoms with Gasteiger partial charge in [-0.15, -0.1) is 0 Å². The van der Waals surface area contributed by atoms with E-state index < -0.39 is 6.04 Å². The Kier molecular flexibility index (Phi) is 4.14. The van der Waals surface area contributed by atoms with Gasteiger partial charge < -0.3 is 16.0 Å². The molecular weight excluding hydrogens is 218 g/mol. The van der Waals surface area contributed by atoms with E-state index in [2.05, 4.69) is 5.32 Å². The van der Waals surface area contributed by atoms with Crippen molar-refractivity contribution in [2.24, 2.45) is 11.1 Å². The second kappa shape index (κ2) is 5.04. The van der Waals surface area contributed by atoms with E-state index in [9.17, 15) is 9.59 Å². The molecule has 0 aliphatic carbocycles. The van der Waals surface area contributed by atoms with Crippen molar-refractivity contribution in [3.8, 4) is 0 Å². The van der Waals surface area contributed by atoms with E-state index >= 15 is 0 Å². The smallest absolute Gasteiger partial charge is 0.237 e. The maximum absolute atomic E-state index is 11.9. The van der Waals surface area contributed by atoms with Crippen LogP contribution in [-0.4, -0.2) is 42.4 Å². The lowest BCUT2D eigenvalue weighted by Crippen LogP contribution is -2.55. The minimum absolute atomic E-state index is 0.0265. The molecule has 1 aliphatic rings. The minimum atomic E-state index is -0.523. The average Bonchev–Trinajstić information content (AvgIpc) is 2.21. The first-order valence-corrected chi connectivity index (χ1v) is 6.01. The molecule has 17 heavy (non-hydrogen) atoms. The highest BCUT2D eigenvalue weighted by atomic mass is 16.2. The van der Waals surface area contributed by atoms with Crippen LogP contribution in [0.3, 0.4) is 0 Å². The van der Waals surface area contributed by atoms with Gasteiger partial charge in [0.2, 0.25) is 11.8 Å². The summed E-state index contributed by atoms with van der Waals surface area (Å²) < 4.78 is 0. The maximum Gasteiger partial charge on any atom is 0.237 e. The van der Waals surface area contributed by atoms with Crippen LogP contribution in [0.25, 0.3) is 0 Å². The zero-order chi connectivity index (χ0) is 13.2. The average molecular weight is 241 g/mol. The second-order valence-corrected chi connectivity index (χ2v) is 5.86. The van der Waals surface area contributed by atoms with Gasteiger partial charge in [-0.25, -0.2) is 0 Å². The van der Waals surface area contributed by atoms with Crippen LogP contribution >= 0.6 is 0 Å². The number of nitrogens with two attached hydrogens (primary N) is 1. The van der Waals surface area contributed by atoms with E-state index in [1.165, 1.54) is 0 Å². The van der Waals surface area contributed by atoms with E-state index in [0.717, 1.165) is 0 Å². The summed E-state index contributed by atoms with van der Waals surface area (Å²) in [5.41, 5.74) is 5.63. The largest absolute Gasteiger partial charge is 0.350 e. The number of carbonyl (C=O) groups is 2. The van der Waals surface area contributed by atoms with Gasteiger partial charge in [0.15, 0.2) is 0 Å². The van der Waals surface area contributed by atoms with Crippen molar-refractivity contribution in [1.29, 1.82) is 0 Å². The van der Waals surface area contributed by atoms with Crippen LogP contribution in [0, 0.1) is 5.41 Å². The van der Waals surface area contributed by atoms with Crippen LogP contribution in [0.15, 0.2) is 0 Å². The summed E-state index contributed by atoms with van der Waals surface area (Å²) in [5.74, 6) is 0.000804. The Morgan fingerprint density at radius 1 is 1.53 bits per heavy atom. The van der Waals surface area contributed by atoms with E-state index in [1.807, 2.05) is 20.8 Å². The minimum Gasteiger partial charge on any atom is -0.350 e. The Morgan fingerprint density at radius 2 is 2.12 bits per heavy atom. The molecule has 3 N–H and O–H groups in total. The highest BCUT2D eigenvalue weighted by Crippen LogP contribution is 2.18. The number of likely N-dealkylation sites (N-methyl/N-ethyl adjacent to an activating group) is 1. The van der Waals surface area contributed by atoms with Gasteiger partial charge in [0.25, 0.3) is 0 Å². The zero-order valence-electron chi connectivity index (χ0n) is 11.1. The number of hydrogen-bond donors (Lipinski definition) is 2. The predicted molar refractivity (Wildman–Crippen MR) is 66.2 cm³/mol. The van der Waals surface area contributed by atoms with Crippen molar-refractivity contribution in [2.45, 2.75) is 45.7 Å². The molecule has 1 unspecified atom stereocenters. The Labute approximate surface area is 103 Å². The van der Waals surface area contributed by atoms with Crippen LogP contribution in [0.5, 0.6) is 0 Å². The lowest BCUT2D eigenvalue weighted by molar-refractivity contribution is -0.134. The van der Waals surface area contributed by atoms with Crippen LogP contribution in [0.1, 0.15) is 33.6 Å². The first-order chi connectivity index (χ1) is 7.71. The molecule has 5 nitrogen and oxygen atoms in total. The summed E-state index contributed by atoms with van der Waals surface area (Å²) in [4.78, 5) is 24.9. The van der Waals surface area contributed by atoms with Crippen molar-refractivity contribution in [1.82, 2.24) is 10.2 Å². The third kappa shape index (κ3) is 3.70. The SMILES string of the molecule is CN1CC(NC(=O)[C@H](N)C(C)(C)C)CCC1=O. The Bertz CT molecular complexity index is 309. The molecule has 0 saturated carbocycles. The van der Waals surface area contributed by atoms with Crippen molar-refractivity contribution < 1.29 is 9.59 Å². The van der Waals surface area contributed by atoms with Gasteiger partial charge in [0.05, 0.1) is 6.04 Å². The number of piperidine rings is 1. The van der Waals surface area contributed by atoms with Gasteiger partial charge in [-0.1, -0.05) is 20.8 Å². The standard InChI is InChI=1S/C12H23N3O2/c1-12(2,3)10(13)11(17)14-8-5-6-9(16)15(4)7-8/h8,10H,5-7,13H2,1-4H3,(H,14,17)/t8?,10-/m0/s1. The first-order valence-electron chi connectivity index (χ1n) is 6.01. The summed E-state index contributed by atoms with van der Waals surface area (Å²) in [6.07, 6.45) is 1.19. The molecule has 98 valence electrons. The molecule has 5 heteroatoms. The van der Waals surface area contributed by atoms with Crippen LogP contribution in [0.2, 0.25) is 0 Å². The summed E-state index contributed by atoms with van der Waals surface area (Å²) in [7, 11) is 1.75. The number of nitrogens with zero attached hydrogens (tertiary/aromatic N) is 1. The molecule has 0 aromatic heterocycles. The van der Waals surface area contributed by atoms with E-state index in [0.29, 0.717) is 19.4 Å². The van der Waals surface area contributed by atoms with Gasteiger partial charge >= 0.3 is 0 Å². The van der Waals surface area contributed by atoms with Crippen molar-refractivity contribution in [3.63, 3.8) is 0 Å². The molecule has 2 atom stereocenters. The number of carbonyl (C=O) groups excluding carboxylic acids is 2. The highest BCUT2D eigenvalue weighted by molar-refractivity contribution is 5.83. The van der Waals surface area contributed by atoms with Crippen LogP contribution in [0.4, 0.5) is 0 Å². The first kappa shape index (κ1) is 14.0. The second-order valence-electron chi connectivity index (χ2n) is 5.86. The van der Waals surface area contributed by atoms with Crippen molar-refractivity contribution in [3.05, 3.63) is 0 Å². The Morgan fingerprint density at radius 3 is 2.59 bits per heavy atom. The predicted octanol–water partition coefficient (Wildman–Crippen LogP) is 0.0968. The fourth-order valence-electron chi connectivity index (χ4n) is 1.81. The quantitative estimate of drug-likeness (QED) is 0.720. The molecule has 1 fully saturated rings. The van der Waals surface area contributed by atoms with Gasteiger partial charge in [-0.05, 0) is 11.8 Å². The zero-order valence-corrected chi connectivity index (χ0v) is 11.1. The topological polar surface area (TPSA) is 75.4 Å². The monoisotopic (exact) mass is 241 g/mol. The molecule has 0 aromatic rings. The summed E-state index contributed by atoms with van der Waals surface area (Å²) in [6.45, 7) is 6.39. The number of nitrogens with one attached hydrogen (secondary N) is 1. The summed E-state index contributed by atoms with van der Waals surface area (Å²) in [5, 5.41) is 2.92. The number of amides is 2. The highest BCUT2D eigenvalue weighted by Gasteiger charge is 2.30. The fourth-order valence-corrected chi connectivity index (χ4v) is 1.81. The Balaban J connectivity index is 2.50. The number of rotatable bonds is 2. The fraction of sp³-hybridized carbons (Fsp3) is 0.833. The molecule has 0 radical (unpaired) electrons. The van der Waals surface area contributed by atoms with Gasteiger partial charge in [0.1, 0.15) is 0 Å². The molecule has 0 spiro atoms. The third-order valence-electron chi connectivity index (χ3n) is 3.19. The molecule has 1 rings (SSSR count). The molecule has 2 amide bonds. The maximum atomic E-state index is 11.9. The van der Waals surface area contributed by atoms with E-state index in [4.69, 9.17) is 5.73 Å².